The predicted molar refractivity (Wildman–Crippen MR) is 227 cm³/mol. The zero-order chi connectivity index (χ0) is 39.1. The summed E-state index contributed by atoms with van der Waals surface area (Å²) in [6.45, 7) is 0. The van der Waals surface area contributed by atoms with Gasteiger partial charge in [0.25, 0.3) is 0 Å². The van der Waals surface area contributed by atoms with Gasteiger partial charge in [0, 0.05) is 78.1 Å². The second-order valence-corrected chi connectivity index (χ2v) is 13.3. The number of nitrogens with one attached hydrogen (secondary N) is 1. The van der Waals surface area contributed by atoms with Crippen molar-refractivity contribution < 1.29 is 19.4 Å². The van der Waals surface area contributed by atoms with E-state index in [1.807, 2.05) is 127 Å². The fourth-order valence-corrected chi connectivity index (χ4v) is 6.31. The molecule has 0 amide bonds. The van der Waals surface area contributed by atoms with E-state index in [0.717, 1.165) is 94.6 Å². The smallest absolute Gasteiger partial charge is 0.159 e. The van der Waals surface area contributed by atoms with Crippen molar-refractivity contribution in [3.8, 4) is 11.5 Å². The molecule has 0 radical (unpaired) electrons. The molecule has 282 valence electrons. The van der Waals surface area contributed by atoms with Crippen LogP contribution in [0.2, 0.25) is 5.02 Å². The Morgan fingerprint density at radius 2 is 1.38 bits per heavy atom. The van der Waals surface area contributed by atoms with Gasteiger partial charge in [-0.25, -0.2) is 4.99 Å². The number of ether oxygens (including phenoxy) is 2. The van der Waals surface area contributed by atoms with E-state index in [-0.39, 0.29) is 5.78 Å². The summed E-state index contributed by atoms with van der Waals surface area (Å²) in [6.07, 6.45) is 11.6. The third kappa shape index (κ3) is 11.0. The van der Waals surface area contributed by atoms with Crippen LogP contribution in [-0.4, -0.2) is 33.9 Å². The molecule has 4 N–H and O–H groups in total. The van der Waals surface area contributed by atoms with E-state index < -0.39 is 0 Å². The van der Waals surface area contributed by atoms with Crippen LogP contribution in [0.15, 0.2) is 156 Å². The van der Waals surface area contributed by atoms with Crippen molar-refractivity contribution in [3.63, 3.8) is 0 Å². The number of hydrogen-bond donors (Lipinski definition) is 3. The zero-order valence-corrected chi connectivity index (χ0v) is 31.8. The van der Waals surface area contributed by atoms with Crippen LogP contribution in [0.3, 0.4) is 0 Å². The summed E-state index contributed by atoms with van der Waals surface area (Å²) in [4.78, 5) is 16.5. The molecule has 6 aromatic rings. The van der Waals surface area contributed by atoms with Gasteiger partial charge < -0.3 is 20.3 Å². The molecule has 2 aliphatic rings. The van der Waals surface area contributed by atoms with Crippen LogP contribution in [0.4, 0.5) is 11.4 Å². The van der Waals surface area contributed by atoms with Crippen LogP contribution in [0.25, 0.3) is 18.2 Å². The molecule has 0 aliphatic heterocycles. The van der Waals surface area contributed by atoms with Gasteiger partial charge >= 0.3 is 0 Å². The maximum atomic E-state index is 11.6. The van der Waals surface area contributed by atoms with Crippen molar-refractivity contribution in [2.24, 2.45) is 4.99 Å². The molecule has 8 nitrogen and oxygen atoms in total. The number of rotatable bonds is 9. The average Bonchev–Trinajstić information content (AvgIpc) is 3.63. The number of nitrogens with zero attached hydrogens (tertiary/aromatic N) is 2. The number of H-pyrrole nitrogens is 1. The van der Waals surface area contributed by atoms with Crippen LogP contribution in [0, 0.1) is 0 Å². The maximum absolute atomic E-state index is 11.6. The Morgan fingerprint density at radius 1 is 0.732 bits per heavy atom. The summed E-state index contributed by atoms with van der Waals surface area (Å²) >= 11 is 5.92. The Hall–Kier alpha value is -6.48. The number of halogens is 1. The van der Waals surface area contributed by atoms with Crippen molar-refractivity contribution in [1.82, 2.24) is 10.2 Å². The number of ketones is 1. The van der Waals surface area contributed by atoms with Gasteiger partial charge in [0.05, 0.1) is 22.8 Å². The van der Waals surface area contributed by atoms with Gasteiger partial charge in [-0.15, -0.1) is 0 Å². The highest BCUT2D eigenvalue weighted by atomic mass is 35.5. The number of carbonyl (C=O) groups is 1. The standard InChI is InChI=1S/C25H21NO2.C21H18ClN3O.CH4O/c27-22-14-8-16-24(18-22)28-23-15-7-13-21(17-23)26-25(19-9-3-1-4-10-19)20-11-5-2-6-12-20;22-15-7-4-14(5-8-15)6-11-20-19-10-9-18(13-21(19)25-24-20)26-17-3-1-2-16(23)12-17;1-2/h1-7,9-13,15,17-18H,8,14,16H2;1-8,11-13H,9-10,23H2,(H,24,25);2H,1H3/b;11-6+;. The highest BCUT2D eigenvalue weighted by Gasteiger charge is 2.18. The minimum absolute atomic E-state index is 0.130. The molecule has 1 aromatic heterocycles. The van der Waals surface area contributed by atoms with Crippen LogP contribution in [0.1, 0.15) is 59.3 Å². The number of anilines is 1. The van der Waals surface area contributed by atoms with Gasteiger partial charge in [0.2, 0.25) is 0 Å². The Labute approximate surface area is 332 Å². The highest BCUT2D eigenvalue weighted by molar-refractivity contribution is 6.30. The van der Waals surface area contributed by atoms with E-state index in [0.29, 0.717) is 17.9 Å². The van der Waals surface area contributed by atoms with Gasteiger partial charge in [-0.2, -0.15) is 5.10 Å². The molecule has 56 heavy (non-hydrogen) atoms. The predicted octanol–water partition coefficient (Wildman–Crippen LogP) is 10.7. The molecule has 0 fully saturated rings. The van der Waals surface area contributed by atoms with Crippen molar-refractivity contribution in [2.45, 2.75) is 32.1 Å². The van der Waals surface area contributed by atoms with Gasteiger partial charge in [0.15, 0.2) is 5.78 Å². The second-order valence-electron chi connectivity index (χ2n) is 12.9. The van der Waals surface area contributed by atoms with E-state index in [1.165, 1.54) is 5.56 Å². The molecule has 9 heteroatoms. The topological polar surface area (TPSA) is 123 Å². The number of allylic oxidation sites excluding steroid dienone is 3. The number of nitrogen functional groups attached to an aromatic ring is 1. The third-order valence-electron chi connectivity index (χ3n) is 8.84. The van der Waals surface area contributed by atoms with Crippen molar-refractivity contribution in [1.29, 1.82) is 0 Å². The van der Waals surface area contributed by atoms with E-state index >= 15 is 0 Å². The lowest BCUT2D eigenvalue weighted by Crippen LogP contribution is -2.07. The number of benzene rings is 5. The first-order chi connectivity index (χ1) is 27.4. The summed E-state index contributed by atoms with van der Waals surface area (Å²) in [5.74, 6) is 3.21. The molecular weight excluding hydrogens is 720 g/mol. The normalized spacial score (nSPS) is 13.2. The van der Waals surface area contributed by atoms with E-state index in [1.54, 1.807) is 6.08 Å². The Bertz CT molecular complexity index is 2310. The molecule has 0 saturated heterocycles. The second kappa shape index (κ2) is 19.7. The molecule has 8 rings (SSSR count). The number of aliphatic hydroxyl groups is 1. The van der Waals surface area contributed by atoms with Gasteiger partial charge in [0.1, 0.15) is 23.0 Å². The number of aromatic nitrogens is 2. The number of aliphatic imine (C=N–C) groups is 1. The Balaban J connectivity index is 0.000000182. The van der Waals surface area contributed by atoms with Gasteiger partial charge in [-0.05, 0) is 60.9 Å². The summed E-state index contributed by atoms with van der Waals surface area (Å²) in [5.41, 5.74) is 14.6. The fourth-order valence-electron chi connectivity index (χ4n) is 6.18. The number of aromatic amines is 1. The largest absolute Gasteiger partial charge is 0.462 e. The van der Waals surface area contributed by atoms with E-state index in [2.05, 4.69) is 34.5 Å². The third-order valence-corrected chi connectivity index (χ3v) is 9.09. The molecule has 5 aromatic carbocycles. The van der Waals surface area contributed by atoms with E-state index in [9.17, 15) is 4.79 Å². The van der Waals surface area contributed by atoms with E-state index in [4.69, 9.17) is 36.9 Å². The monoisotopic (exact) mass is 762 g/mol. The van der Waals surface area contributed by atoms with Gasteiger partial charge in [-0.1, -0.05) is 103 Å². The molecule has 1 heterocycles. The molecule has 0 saturated carbocycles. The average molecular weight is 763 g/mol. The van der Waals surface area contributed by atoms with Crippen molar-refractivity contribution in [3.05, 3.63) is 190 Å². The van der Waals surface area contributed by atoms with Crippen LogP contribution < -0.4 is 15.2 Å². The number of hydrogen-bond acceptors (Lipinski definition) is 7. The number of fused-ring (bicyclic) bond motifs is 1. The maximum Gasteiger partial charge on any atom is 0.159 e. The summed E-state index contributed by atoms with van der Waals surface area (Å²) in [5, 5.41) is 15.3. The van der Waals surface area contributed by atoms with Crippen LogP contribution in [-0.2, 0) is 11.2 Å². The van der Waals surface area contributed by atoms with Crippen LogP contribution >= 0.6 is 11.6 Å². The first-order valence-electron chi connectivity index (χ1n) is 18.4. The zero-order valence-electron chi connectivity index (χ0n) is 31.1. The Morgan fingerprint density at radius 3 is 2.04 bits per heavy atom. The molecule has 0 atom stereocenters. The van der Waals surface area contributed by atoms with Crippen molar-refractivity contribution >= 4 is 52.7 Å². The summed E-state index contributed by atoms with van der Waals surface area (Å²) in [7, 11) is 1.00. The lowest BCUT2D eigenvalue weighted by molar-refractivity contribution is -0.115. The molecular formula is C47H43ClN4O4. The highest BCUT2D eigenvalue weighted by Crippen LogP contribution is 2.29. The molecule has 2 aliphatic carbocycles. The fraction of sp³-hybridized carbons (Fsp3) is 0.128. The molecule has 0 unspecified atom stereocenters. The number of aliphatic hydroxyl groups excluding tert-OH is 1. The summed E-state index contributed by atoms with van der Waals surface area (Å²) < 4.78 is 11.9. The first-order valence-corrected chi connectivity index (χ1v) is 18.7. The molecule has 0 bridgehead atoms. The lowest BCUT2D eigenvalue weighted by atomic mass is 9.99. The number of nitrogens with two attached hydrogens (primary N) is 1. The molecule has 0 spiro atoms. The summed E-state index contributed by atoms with van der Waals surface area (Å²) in [6, 6.07) is 43.1. The van der Waals surface area contributed by atoms with Gasteiger partial charge in [-0.3, -0.25) is 9.89 Å². The van der Waals surface area contributed by atoms with Crippen LogP contribution in [0.5, 0.6) is 11.5 Å². The SMILES string of the molecule is CO.Nc1cccc(OC2=Cc3[nH]nc(/C=C/c4ccc(Cl)cc4)c3CC2)c1.O=C1C=C(Oc2cccc(N=C(c3ccccc3)c3ccccc3)c2)CCC1. The van der Waals surface area contributed by atoms with Crippen molar-refractivity contribution in [2.75, 3.05) is 12.8 Å². The Kier molecular flexibility index (Phi) is 13.8. The minimum atomic E-state index is 0.130. The lowest BCUT2D eigenvalue weighted by Gasteiger charge is -2.15. The first kappa shape index (κ1) is 39.2. The minimum Gasteiger partial charge on any atom is -0.462 e. The quantitative estimate of drug-likeness (QED) is 0.0995. The number of carbonyl (C=O) groups excluding carboxylic acids is 1.